The van der Waals surface area contributed by atoms with Crippen molar-refractivity contribution in [1.29, 1.82) is 0 Å². The monoisotopic (exact) mass is 251 g/mol. The molecule has 0 fully saturated rings. The van der Waals surface area contributed by atoms with Crippen LogP contribution in [0.1, 0.15) is 6.92 Å². The molecule has 0 bridgehead atoms. The average Bonchev–Trinajstić information content (AvgIpc) is 2.43. The van der Waals surface area contributed by atoms with Gasteiger partial charge in [-0.2, -0.15) is 4.98 Å². The minimum absolute atomic E-state index is 0.475. The summed E-state index contributed by atoms with van der Waals surface area (Å²) < 4.78 is 0. The Balaban J connectivity index is 2.32. The average molecular weight is 251 g/mol. The van der Waals surface area contributed by atoms with Crippen LogP contribution in [0.4, 0.5) is 5.95 Å². The number of anilines is 1. The van der Waals surface area contributed by atoms with Crippen molar-refractivity contribution >= 4 is 30.6 Å². The van der Waals surface area contributed by atoms with Gasteiger partial charge in [0.1, 0.15) is 5.52 Å². The van der Waals surface area contributed by atoms with E-state index in [1.54, 1.807) is 18.5 Å². The SMILES string of the molecule is Bc1cnc2cnc(N/C(C=C)=C/C=C\C)nc2n1. The number of hydrogen-bond acceptors (Lipinski definition) is 5. The molecule has 0 amide bonds. The third kappa shape index (κ3) is 3.25. The van der Waals surface area contributed by atoms with E-state index < -0.39 is 0 Å². The number of nitrogens with one attached hydrogen (secondary N) is 1. The van der Waals surface area contributed by atoms with Gasteiger partial charge in [-0.05, 0) is 19.1 Å². The predicted molar refractivity (Wildman–Crippen MR) is 80.0 cm³/mol. The van der Waals surface area contributed by atoms with E-state index in [1.165, 1.54) is 0 Å². The van der Waals surface area contributed by atoms with Gasteiger partial charge in [0.2, 0.25) is 5.95 Å². The second-order valence-electron chi connectivity index (χ2n) is 3.89. The molecule has 0 unspecified atom stereocenters. The molecule has 5 nitrogen and oxygen atoms in total. The molecule has 0 aromatic carbocycles. The predicted octanol–water partition coefficient (Wildman–Crippen LogP) is 0.736. The van der Waals surface area contributed by atoms with Crippen LogP contribution in [0.15, 0.2) is 49.0 Å². The highest BCUT2D eigenvalue weighted by molar-refractivity contribution is 6.30. The van der Waals surface area contributed by atoms with Gasteiger partial charge in [-0.15, -0.1) is 0 Å². The molecule has 0 aliphatic carbocycles. The number of rotatable bonds is 4. The molecule has 0 radical (unpaired) electrons. The molecule has 2 aromatic rings. The Bertz CT molecular complexity index is 663. The Morgan fingerprint density at radius 1 is 1.32 bits per heavy atom. The summed E-state index contributed by atoms with van der Waals surface area (Å²) in [7, 11) is 1.88. The van der Waals surface area contributed by atoms with E-state index in [0.717, 1.165) is 11.3 Å². The molecule has 94 valence electrons. The highest BCUT2D eigenvalue weighted by Crippen LogP contribution is 2.08. The molecule has 0 aliphatic heterocycles. The number of allylic oxidation sites excluding steroid dienone is 4. The zero-order valence-corrected chi connectivity index (χ0v) is 11.0. The summed E-state index contributed by atoms with van der Waals surface area (Å²) in [6, 6.07) is 0. The summed E-state index contributed by atoms with van der Waals surface area (Å²) in [6.07, 6.45) is 10.8. The first-order valence-electron chi connectivity index (χ1n) is 5.92. The lowest BCUT2D eigenvalue weighted by Gasteiger charge is -2.05. The van der Waals surface area contributed by atoms with Gasteiger partial charge in [-0.3, -0.25) is 4.98 Å². The van der Waals surface area contributed by atoms with Crippen LogP contribution in [0.25, 0.3) is 11.2 Å². The summed E-state index contributed by atoms with van der Waals surface area (Å²) in [5, 5.41) is 3.08. The van der Waals surface area contributed by atoms with Crippen LogP contribution < -0.4 is 10.9 Å². The molecule has 0 spiro atoms. The standard InChI is InChI=1S/C13H14BN5/c1-3-5-6-9(4-2)17-13-16-7-10-12(19-13)18-11(14)8-15-10/h3-8H,2,14H2,1H3,(H,16,17,18,19)/b5-3-,9-6+. The molecular formula is C13H14BN5. The zero-order valence-electron chi connectivity index (χ0n) is 11.0. The highest BCUT2D eigenvalue weighted by Gasteiger charge is 2.02. The second-order valence-corrected chi connectivity index (χ2v) is 3.89. The fourth-order valence-corrected chi connectivity index (χ4v) is 1.45. The molecule has 2 aromatic heterocycles. The Morgan fingerprint density at radius 3 is 2.89 bits per heavy atom. The smallest absolute Gasteiger partial charge is 0.229 e. The van der Waals surface area contributed by atoms with Crippen molar-refractivity contribution in [3.8, 4) is 0 Å². The Morgan fingerprint density at radius 2 is 2.16 bits per heavy atom. The van der Waals surface area contributed by atoms with Crippen LogP contribution in [0.2, 0.25) is 0 Å². The summed E-state index contributed by atoms with van der Waals surface area (Å²) in [5.41, 5.74) is 2.89. The van der Waals surface area contributed by atoms with Crippen LogP contribution in [-0.4, -0.2) is 27.8 Å². The van der Waals surface area contributed by atoms with Crippen molar-refractivity contribution in [1.82, 2.24) is 19.9 Å². The van der Waals surface area contributed by atoms with E-state index in [-0.39, 0.29) is 0 Å². The third-order valence-electron chi connectivity index (χ3n) is 2.37. The van der Waals surface area contributed by atoms with Crippen LogP contribution >= 0.6 is 0 Å². The number of aromatic nitrogens is 4. The van der Waals surface area contributed by atoms with Crippen LogP contribution in [0.3, 0.4) is 0 Å². The van der Waals surface area contributed by atoms with Gasteiger partial charge in [0.15, 0.2) is 13.5 Å². The molecular weight excluding hydrogens is 237 g/mol. The minimum atomic E-state index is 0.475. The van der Waals surface area contributed by atoms with Crippen molar-refractivity contribution in [3.05, 3.63) is 49.0 Å². The third-order valence-corrected chi connectivity index (χ3v) is 2.37. The Kier molecular flexibility index (Phi) is 4.02. The van der Waals surface area contributed by atoms with Gasteiger partial charge in [-0.1, -0.05) is 18.7 Å². The van der Waals surface area contributed by atoms with Gasteiger partial charge in [-0.25, -0.2) is 9.97 Å². The van der Waals surface area contributed by atoms with Crippen molar-refractivity contribution in [2.45, 2.75) is 6.92 Å². The molecule has 0 saturated carbocycles. The lowest BCUT2D eigenvalue weighted by molar-refractivity contribution is 1.15. The van der Waals surface area contributed by atoms with E-state index in [2.05, 4.69) is 31.8 Å². The van der Waals surface area contributed by atoms with E-state index >= 15 is 0 Å². The van der Waals surface area contributed by atoms with Gasteiger partial charge in [0.05, 0.1) is 6.20 Å². The number of fused-ring (bicyclic) bond motifs is 1. The van der Waals surface area contributed by atoms with Crippen LogP contribution in [-0.2, 0) is 0 Å². The molecule has 6 heteroatoms. The van der Waals surface area contributed by atoms with Crippen molar-refractivity contribution in [2.75, 3.05) is 5.32 Å². The molecule has 0 atom stereocenters. The molecule has 2 heterocycles. The van der Waals surface area contributed by atoms with Gasteiger partial charge in [0.25, 0.3) is 0 Å². The van der Waals surface area contributed by atoms with Gasteiger partial charge in [0, 0.05) is 17.5 Å². The maximum atomic E-state index is 4.32. The zero-order chi connectivity index (χ0) is 13.7. The fraction of sp³-hybridized carbons (Fsp3) is 0.0769. The quantitative estimate of drug-likeness (QED) is 0.641. The maximum absolute atomic E-state index is 4.32. The van der Waals surface area contributed by atoms with Gasteiger partial charge >= 0.3 is 0 Å². The van der Waals surface area contributed by atoms with Crippen LogP contribution in [0, 0.1) is 0 Å². The van der Waals surface area contributed by atoms with Crippen molar-refractivity contribution in [2.24, 2.45) is 0 Å². The number of hydrogen-bond donors (Lipinski definition) is 1. The van der Waals surface area contributed by atoms with E-state index in [4.69, 9.17) is 0 Å². The number of nitrogens with zero attached hydrogens (tertiary/aromatic N) is 4. The summed E-state index contributed by atoms with van der Waals surface area (Å²) in [6.45, 7) is 5.68. The molecule has 0 saturated heterocycles. The minimum Gasteiger partial charge on any atom is -0.324 e. The fourth-order valence-electron chi connectivity index (χ4n) is 1.45. The van der Waals surface area contributed by atoms with Crippen LogP contribution in [0.5, 0.6) is 0 Å². The molecule has 1 N–H and O–H groups in total. The summed E-state index contributed by atoms with van der Waals surface area (Å²) >= 11 is 0. The molecule has 0 aliphatic rings. The lowest BCUT2D eigenvalue weighted by atomic mass is 10.1. The maximum Gasteiger partial charge on any atom is 0.229 e. The van der Waals surface area contributed by atoms with Gasteiger partial charge < -0.3 is 5.32 Å². The first-order valence-corrected chi connectivity index (χ1v) is 5.92. The van der Waals surface area contributed by atoms with Crippen molar-refractivity contribution < 1.29 is 0 Å². The van der Waals surface area contributed by atoms with E-state index in [9.17, 15) is 0 Å². The van der Waals surface area contributed by atoms with E-state index in [1.807, 2.05) is 33.0 Å². The molecule has 2 rings (SSSR count). The summed E-state index contributed by atoms with van der Waals surface area (Å²) in [5.74, 6) is 0.475. The first-order chi connectivity index (χ1) is 9.22. The van der Waals surface area contributed by atoms with Crippen molar-refractivity contribution in [3.63, 3.8) is 0 Å². The molecule has 19 heavy (non-hydrogen) atoms. The largest absolute Gasteiger partial charge is 0.324 e. The second kappa shape index (κ2) is 5.90. The summed E-state index contributed by atoms with van der Waals surface area (Å²) in [4.78, 5) is 17.0. The normalized spacial score (nSPS) is 11.9. The topological polar surface area (TPSA) is 63.6 Å². The first kappa shape index (κ1) is 12.9. The Labute approximate surface area is 112 Å². The Hall–Kier alpha value is -2.50. The van der Waals surface area contributed by atoms with E-state index in [0.29, 0.717) is 17.1 Å². The highest BCUT2D eigenvalue weighted by atomic mass is 15.1. The lowest BCUT2D eigenvalue weighted by Crippen LogP contribution is -2.11.